The Hall–Kier alpha value is -1.30. The molecule has 2 fully saturated rings. The third-order valence-electron chi connectivity index (χ3n) is 5.23. The van der Waals surface area contributed by atoms with Gasteiger partial charge in [-0.1, -0.05) is 6.07 Å². The Kier molecular flexibility index (Phi) is 7.54. The molecule has 2 aliphatic heterocycles. The number of halogens is 1. The van der Waals surface area contributed by atoms with E-state index in [1.54, 1.807) is 7.11 Å². The Labute approximate surface area is 156 Å². The van der Waals surface area contributed by atoms with Crippen LogP contribution < -0.4 is 15.4 Å². The number of ether oxygens (including phenoxy) is 1. The van der Waals surface area contributed by atoms with Gasteiger partial charge in [-0.2, -0.15) is 0 Å². The van der Waals surface area contributed by atoms with E-state index in [-0.39, 0.29) is 24.4 Å². The topological polar surface area (TPSA) is 53.6 Å². The first-order valence-corrected chi connectivity index (χ1v) is 9.07. The van der Waals surface area contributed by atoms with Gasteiger partial charge < -0.3 is 15.4 Å². The van der Waals surface area contributed by atoms with Crippen molar-refractivity contribution in [3.63, 3.8) is 0 Å². The van der Waals surface area contributed by atoms with Crippen molar-refractivity contribution in [3.8, 4) is 5.75 Å². The number of anilines is 1. The lowest BCUT2D eigenvalue weighted by atomic mass is 9.97. The summed E-state index contributed by atoms with van der Waals surface area (Å²) in [6.45, 7) is 6.32. The molecule has 2 saturated heterocycles. The molecule has 2 heterocycles. The second kappa shape index (κ2) is 9.41. The molecule has 25 heavy (non-hydrogen) atoms. The number of amides is 1. The summed E-state index contributed by atoms with van der Waals surface area (Å²) in [6.07, 6.45) is 4.49. The van der Waals surface area contributed by atoms with Crippen molar-refractivity contribution in [3.05, 3.63) is 23.8 Å². The van der Waals surface area contributed by atoms with E-state index >= 15 is 0 Å². The van der Waals surface area contributed by atoms with Crippen molar-refractivity contribution in [1.82, 2.24) is 10.2 Å². The predicted molar refractivity (Wildman–Crippen MR) is 104 cm³/mol. The minimum Gasteiger partial charge on any atom is -0.495 e. The standard InChI is InChI=1S/C19H29N3O2.ClH/c1-14-5-6-18(24-2)16(12-14)21-19(23)17-4-3-11-22(17)13-15-7-9-20-10-8-15;/h5-6,12,15,17,20H,3-4,7-11,13H2,1-2H3,(H,21,23);1H. The van der Waals surface area contributed by atoms with Gasteiger partial charge in [0.15, 0.2) is 0 Å². The lowest BCUT2D eigenvalue weighted by molar-refractivity contribution is -0.120. The molecule has 0 radical (unpaired) electrons. The molecule has 1 aromatic carbocycles. The summed E-state index contributed by atoms with van der Waals surface area (Å²) in [6, 6.07) is 5.87. The number of nitrogens with one attached hydrogen (secondary N) is 2. The zero-order chi connectivity index (χ0) is 16.9. The Morgan fingerprint density at radius 3 is 2.80 bits per heavy atom. The monoisotopic (exact) mass is 367 g/mol. The number of methoxy groups -OCH3 is 1. The van der Waals surface area contributed by atoms with Crippen molar-refractivity contribution >= 4 is 24.0 Å². The normalized spacial score (nSPS) is 21.6. The minimum absolute atomic E-state index is 0. The van der Waals surface area contributed by atoms with Crippen molar-refractivity contribution in [1.29, 1.82) is 0 Å². The van der Waals surface area contributed by atoms with Gasteiger partial charge >= 0.3 is 0 Å². The van der Waals surface area contributed by atoms with Crippen LogP contribution in [0.5, 0.6) is 5.75 Å². The summed E-state index contributed by atoms with van der Waals surface area (Å²) in [4.78, 5) is 15.2. The minimum atomic E-state index is -0.00916. The smallest absolute Gasteiger partial charge is 0.241 e. The summed E-state index contributed by atoms with van der Waals surface area (Å²) in [5.74, 6) is 1.54. The Bertz CT molecular complexity index is 576. The zero-order valence-electron chi connectivity index (χ0n) is 15.2. The highest BCUT2D eigenvalue weighted by Crippen LogP contribution is 2.28. The Balaban J connectivity index is 0.00000225. The number of rotatable bonds is 5. The van der Waals surface area contributed by atoms with Crippen LogP contribution in [-0.4, -0.2) is 50.1 Å². The molecule has 0 saturated carbocycles. The molecule has 0 bridgehead atoms. The van der Waals surface area contributed by atoms with Gasteiger partial charge in [-0.15, -0.1) is 12.4 Å². The van der Waals surface area contributed by atoms with E-state index in [1.807, 2.05) is 25.1 Å². The van der Waals surface area contributed by atoms with Crippen molar-refractivity contribution in [2.75, 3.05) is 38.6 Å². The van der Waals surface area contributed by atoms with Crippen LogP contribution in [0.2, 0.25) is 0 Å². The molecule has 0 aliphatic carbocycles. The lowest BCUT2D eigenvalue weighted by Crippen LogP contribution is -2.43. The molecular weight excluding hydrogens is 338 g/mol. The number of carbonyl (C=O) groups excluding carboxylic acids is 1. The largest absolute Gasteiger partial charge is 0.495 e. The van der Waals surface area contributed by atoms with E-state index in [9.17, 15) is 4.79 Å². The third kappa shape index (κ3) is 5.09. The van der Waals surface area contributed by atoms with Crippen LogP contribution in [0.3, 0.4) is 0 Å². The SMILES string of the molecule is COc1ccc(C)cc1NC(=O)C1CCCN1CC1CCNCC1.Cl. The summed E-state index contributed by atoms with van der Waals surface area (Å²) in [7, 11) is 1.64. The molecule has 0 spiro atoms. The van der Waals surface area contributed by atoms with Gasteiger partial charge in [-0.05, 0) is 75.9 Å². The van der Waals surface area contributed by atoms with Crippen LogP contribution in [0.25, 0.3) is 0 Å². The number of aryl methyl sites for hydroxylation is 1. The third-order valence-corrected chi connectivity index (χ3v) is 5.23. The van der Waals surface area contributed by atoms with Gasteiger partial charge in [0.1, 0.15) is 5.75 Å². The van der Waals surface area contributed by atoms with Crippen molar-refractivity contribution in [2.24, 2.45) is 5.92 Å². The fourth-order valence-electron chi connectivity index (χ4n) is 3.87. The summed E-state index contributed by atoms with van der Waals surface area (Å²) < 4.78 is 5.38. The van der Waals surface area contributed by atoms with Crippen LogP contribution in [0.15, 0.2) is 18.2 Å². The maximum atomic E-state index is 12.8. The van der Waals surface area contributed by atoms with E-state index in [2.05, 4.69) is 15.5 Å². The molecule has 2 aliphatic rings. The van der Waals surface area contributed by atoms with Crippen LogP contribution in [-0.2, 0) is 4.79 Å². The van der Waals surface area contributed by atoms with E-state index < -0.39 is 0 Å². The highest BCUT2D eigenvalue weighted by molar-refractivity contribution is 5.96. The number of benzene rings is 1. The molecule has 6 heteroatoms. The fourth-order valence-corrected chi connectivity index (χ4v) is 3.87. The molecule has 1 unspecified atom stereocenters. The van der Waals surface area contributed by atoms with E-state index in [0.29, 0.717) is 5.92 Å². The van der Waals surface area contributed by atoms with Crippen LogP contribution in [0.1, 0.15) is 31.2 Å². The molecule has 1 atom stereocenters. The average molecular weight is 368 g/mol. The van der Waals surface area contributed by atoms with Crippen LogP contribution in [0, 0.1) is 12.8 Å². The summed E-state index contributed by atoms with van der Waals surface area (Å²) in [5.41, 5.74) is 1.89. The van der Waals surface area contributed by atoms with E-state index in [0.717, 1.165) is 56.0 Å². The van der Waals surface area contributed by atoms with Crippen LogP contribution >= 0.6 is 12.4 Å². The first kappa shape index (κ1) is 20.0. The second-order valence-corrected chi connectivity index (χ2v) is 7.04. The Morgan fingerprint density at radius 2 is 2.08 bits per heavy atom. The van der Waals surface area contributed by atoms with E-state index in [4.69, 9.17) is 4.74 Å². The number of hydrogen-bond acceptors (Lipinski definition) is 4. The number of piperidine rings is 1. The molecule has 3 rings (SSSR count). The van der Waals surface area contributed by atoms with Gasteiger partial charge in [0, 0.05) is 6.54 Å². The highest BCUT2D eigenvalue weighted by Gasteiger charge is 2.32. The maximum absolute atomic E-state index is 12.8. The number of nitrogens with zero attached hydrogens (tertiary/aromatic N) is 1. The summed E-state index contributed by atoms with van der Waals surface area (Å²) >= 11 is 0. The fraction of sp³-hybridized carbons (Fsp3) is 0.632. The average Bonchev–Trinajstić information content (AvgIpc) is 3.04. The first-order valence-electron chi connectivity index (χ1n) is 9.07. The number of hydrogen-bond donors (Lipinski definition) is 2. The van der Waals surface area contributed by atoms with Crippen LogP contribution in [0.4, 0.5) is 5.69 Å². The van der Waals surface area contributed by atoms with E-state index in [1.165, 1.54) is 12.8 Å². The number of carbonyl (C=O) groups is 1. The molecule has 5 nitrogen and oxygen atoms in total. The van der Waals surface area contributed by atoms with Crippen molar-refractivity contribution < 1.29 is 9.53 Å². The Morgan fingerprint density at radius 1 is 1.32 bits per heavy atom. The zero-order valence-corrected chi connectivity index (χ0v) is 16.0. The van der Waals surface area contributed by atoms with Gasteiger partial charge in [0.2, 0.25) is 5.91 Å². The van der Waals surface area contributed by atoms with Gasteiger partial charge in [0.25, 0.3) is 0 Å². The van der Waals surface area contributed by atoms with Gasteiger partial charge in [-0.25, -0.2) is 0 Å². The number of likely N-dealkylation sites (tertiary alicyclic amines) is 1. The lowest BCUT2D eigenvalue weighted by Gasteiger charge is -2.30. The maximum Gasteiger partial charge on any atom is 0.241 e. The van der Waals surface area contributed by atoms with Gasteiger partial charge in [0.05, 0.1) is 18.8 Å². The predicted octanol–water partition coefficient (Wildman–Crippen LogP) is 2.83. The highest BCUT2D eigenvalue weighted by atomic mass is 35.5. The van der Waals surface area contributed by atoms with Crippen molar-refractivity contribution in [2.45, 2.75) is 38.6 Å². The quantitative estimate of drug-likeness (QED) is 0.840. The van der Waals surface area contributed by atoms with Gasteiger partial charge in [-0.3, -0.25) is 9.69 Å². The molecular formula is C19H30ClN3O2. The second-order valence-electron chi connectivity index (χ2n) is 7.04. The molecule has 1 amide bonds. The summed E-state index contributed by atoms with van der Waals surface area (Å²) in [5, 5.41) is 6.51. The molecule has 140 valence electrons. The molecule has 1 aromatic rings. The first-order chi connectivity index (χ1) is 11.7. The molecule has 0 aromatic heterocycles. The molecule has 2 N–H and O–H groups in total.